The molecule has 0 amide bonds. The van der Waals surface area contributed by atoms with Crippen LogP contribution in [0, 0.1) is 0 Å². The fraction of sp³-hybridized carbons (Fsp3) is 0.222. The Balaban J connectivity index is 3.03. The number of phenolic OH excluding ortho intramolecular Hbond substituents is 1. The quantitative estimate of drug-likeness (QED) is 0.289. The average molecular weight is 196 g/mol. The molecule has 0 saturated carbocycles. The van der Waals surface area contributed by atoms with Crippen molar-refractivity contribution in [1.82, 2.24) is 0 Å². The Hall–Kier alpha value is -1.75. The number of phenols is 1. The first-order valence-corrected chi connectivity index (χ1v) is 4.15. The van der Waals surface area contributed by atoms with Gasteiger partial charge in [-0.25, -0.2) is 4.79 Å². The summed E-state index contributed by atoms with van der Waals surface area (Å²) in [5.74, 6) is 4.67. The van der Waals surface area contributed by atoms with Crippen molar-refractivity contribution in [3.8, 4) is 5.75 Å². The minimum Gasteiger partial charge on any atom is -0.508 e. The molecule has 1 aromatic carbocycles. The standard InChI is InChI=1S/C9H12N2O3/c1-2-14-9(13)7-5-6(12)3-4-8(7)11-10/h3-5,11-12H,2,10H2,1H3. The largest absolute Gasteiger partial charge is 0.508 e. The normalized spacial score (nSPS) is 9.57. The van der Waals surface area contributed by atoms with Gasteiger partial charge in [-0.05, 0) is 25.1 Å². The molecule has 0 bridgehead atoms. The number of nitrogen functional groups attached to an aromatic ring is 1. The Labute approximate surface area is 81.5 Å². The van der Waals surface area contributed by atoms with Crippen molar-refractivity contribution >= 4 is 11.7 Å². The van der Waals surface area contributed by atoms with Crippen molar-refractivity contribution in [3.05, 3.63) is 23.8 Å². The number of nitrogens with one attached hydrogen (secondary N) is 1. The molecule has 76 valence electrons. The molecule has 1 aromatic rings. The van der Waals surface area contributed by atoms with E-state index in [9.17, 15) is 9.90 Å². The molecule has 0 aliphatic heterocycles. The van der Waals surface area contributed by atoms with Gasteiger partial charge in [-0.3, -0.25) is 5.84 Å². The minimum absolute atomic E-state index is 0.00736. The molecule has 0 aliphatic carbocycles. The van der Waals surface area contributed by atoms with Crippen LogP contribution in [0.25, 0.3) is 0 Å². The summed E-state index contributed by atoms with van der Waals surface area (Å²) < 4.78 is 4.78. The summed E-state index contributed by atoms with van der Waals surface area (Å²) in [6, 6.07) is 4.23. The van der Waals surface area contributed by atoms with Gasteiger partial charge in [-0.2, -0.15) is 0 Å². The van der Waals surface area contributed by atoms with Crippen molar-refractivity contribution < 1.29 is 14.6 Å². The van der Waals surface area contributed by atoms with Crippen LogP contribution in [0.15, 0.2) is 18.2 Å². The first-order valence-electron chi connectivity index (χ1n) is 4.15. The molecule has 0 aliphatic rings. The van der Waals surface area contributed by atoms with E-state index in [0.29, 0.717) is 5.69 Å². The molecule has 0 spiro atoms. The number of hydrazine groups is 1. The number of anilines is 1. The molecule has 0 atom stereocenters. The van der Waals surface area contributed by atoms with E-state index in [1.165, 1.54) is 18.2 Å². The van der Waals surface area contributed by atoms with Crippen LogP contribution in [-0.2, 0) is 4.74 Å². The Morgan fingerprint density at radius 2 is 2.36 bits per heavy atom. The van der Waals surface area contributed by atoms with E-state index in [-0.39, 0.29) is 17.9 Å². The van der Waals surface area contributed by atoms with Crippen LogP contribution >= 0.6 is 0 Å². The van der Waals surface area contributed by atoms with Gasteiger partial charge in [0.15, 0.2) is 0 Å². The molecule has 14 heavy (non-hydrogen) atoms. The van der Waals surface area contributed by atoms with Crippen molar-refractivity contribution in [2.24, 2.45) is 5.84 Å². The Bertz CT molecular complexity index is 339. The summed E-state index contributed by atoms with van der Waals surface area (Å²) in [5.41, 5.74) is 2.98. The van der Waals surface area contributed by atoms with Crippen LogP contribution in [0.3, 0.4) is 0 Å². The smallest absolute Gasteiger partial charge is 0.340 e. The van der Waals surface area contributed by atoms with Gasteiger partial charge in [0.05, 0.1) is 17.9 Å². The summed E-state index contributed by atoms with van der Waals surface area (Å²) in [4.78, 5) is 11.3. The Kier molecular flexibility index (Phi) is 3.30. The van der Waals surface area contributed by atoms with Crippen molar-refractivity contribution in [2.75, 3.05) is 12.0 Å². The maximum absolute atomic E-state index is 11.3. The van der Waals surface area contributed by atoms with Gasteiger partial charge in [0.1, 0.15) is 5.75 Å². The third-order valence-corrected chi connectivity index (χ3v) is 1.65. The zero-order valence-corrected chi connectivity index (χ0v) is 7.78. The Morgan fingerprint density at radius 1 is 1.64 bits per heavy atom. The number of carbonyl (C=O) groups excluding carboxylic acids is 1. The zero-order valence-electron chi connectivity index (χ0n) is 7.78. The van der Waals surface area contributed by atoms with E-state index in [1.807, 2.05) is 0 Å². The van der Waals surface area contributed by atoms with Gasteiger partial charge in [0.2, 0.25) is 0 Å². The number of aromatic hydroxyl groups is 1. The molecular weight excluding hydrogens is 184 g/mol. The van der Waals surface area contributed by atoms with Gasteiger partial charge in [0.25, 0.3) is 0 Å². The Morgan fingerprint density at radius 3 is 2.93 bits per heavy atom. The van der Waals surface area contributed by atoms with Gasteiger partial charge < -0.3 is 15.3 Å². The highest BCUT2D eigenvalue weighted by atomic mass is 16.5. The number of benzene rings is 1. The lowest BCUT2D eigenvalue weighted by atomic mass is 10.1. The maximum Gasteiger partial charge on any atom is 0.340 e. The van der Waals surface area contributed by atoms with Crippen LogP contribution < -0.4 is 11.3 Å². The van der Waals surface area contributed by atoms with E-state index in [4.69, 9.17) is 10.6 Å². The monoisotopic (exact) mass is 196 g/mol. The molecule has 0 fully saturated rings. The molecule has 1 rings (SSSR count). The minimum atomic E-state index is -0.517. The van der Waals surface area contributed by atoms with Crippen molar-refractivity contribution in [1.29, 1.82) is 0 Å². The molecule has 0 heterocycles. The van der Waals surface area contributed by atoms with E-state index < -0.39 is 5.97 Å². The highest BCUT2D eigenvalue weighted by Gasteiger charge is 2.12. The lowest BCUT2D eigenvalue weighted by Gasteiger charge is -2.07. The van der Waals surface area contributed by atoms with Crippen molar-refractivity contribution in [3.63, 3.8) is 0 Å². The maximum atomic E-state index is 11.3. The second-order valence-corrected chi connectivity index (χ2v) is 2.59. The topological polar surface area (TPSA) is 84.6 Å². The van der Waals surface area contributed by atoms with Crippen molar-refractivity contribution in [2.45, 2.75) is 6.92 Å². The molecule has 4 N–H and O–H groups in total. The van der Waals surface area contributed by atoms with Crippen LogP contribution in [-0.4, -0.2) is 17.7 Å². The molecule has 0 radical (unpaired) electrons. The third kappa shape index (κ3) is 2.14. The number of nitrogens with two attached hydrogens (primary N) is 1. The van der Waals surface area contributed by atoms with Gasteiger partial charge in [-0.15, -0.1) is 0 Å². The average Bonchev–Trinajstić information content (AvgIpc) is 2.18. The number of rotatable bonds is 3. The predicted octanol–water partition coefficient (Wildman–Crippen LogP) is 0.854. The van der Waals surface area contributed by atoms with E-state index in [1.54, 1.807) is 6.92 Å². The highest BCUT2D eigenvalue weighted by Crippen LogP contribution is 2.21. The van der Waals surface area contributed by atoms with Crippen LogP contribution in [0.5, 0.6) is 5.75 Å². The van der Waals surface area contributed by atoms with Gasteiger partial charge >= 0.3 is 5.97 Å². The summed E-state index contributed by atoms with van der Waals surface area (Å²) in [6.45, 7) is 1.98. The van der Waals surface area contributed by atoms with Gasteiger partial charge in [-0.1, -0.05) is 0 Å². The van der Waals surface area contributed by atoms with E-state index in [2.05, 4.69) is 5.43 Å². The second kappa shape index (κ2) is 4.48. The zero-order chi connectivity index (χ0) is 10.6. The third-order valence-electron chi connectivity index (χ3n) is 1.65. The van der Waals surface area contributed by atoms with E-state index in [0.717, 1.165) is 0 Å². The number of esters is 1. The summed E-state index contributed by atoms with van der Waals surface area (Å²) >= 11 is 0. The van der Waals surface area contributed by atoms with Crippen LogP contribution in [0.4, 0.5) is 5.69 Å². The number of hydrogen-bond acceptors (Lipinski definition) is 5. The first kappa shape index (κ1) is 10.3. The summed E-state index contributed by atoms with van der Waals surface area (Å²) in [7, 11) is 0. The van der Waals surface area contributed by atoms with E-state index >= 15 is 0 Å². The highest BCUT2D eigenvalue weighted by molar-refractivity contribution is 5.96. The summed E-state index contributed by atoms with van der Waals surface area (Å²) in [5, 5.41) is 9.17. The van der Waals surface area contributed by atoms with Gasteiger partial charge in [0, 0.05) is 0 Å². The lowest BCUT2D eigenvalue weighted by Crippen LogP contribution is -2.13. The molecule has 0 unspecified atom stereocenters. The SMILES string of the molecule is CCOC(=O)c1cc(O)ccc1NN. The molecule has 0 saturated heterocycles. The predicted molar refractivity (Wildman–Crippen MR) is 51.9 cm³/mol. The number of hydrogen-bond donors (Lipinski definition) is 3. The summed E-state index contributed by atoms with van der Waals surface area (Å²) in [6.07, 6.45) is 0. The van der Waals surface area contributed by atoms with Crippen LogP contribution in [0.2, 0.25) is 0 Å². The number of carbonyl (C=O) groups is 1. The lowest BCUT2D eigenvalue weighted by molar-refractivity contribution is 0.0527. The van der Waals surface area contributed by atoms with Crippen LogP contribution in [0.1, 0.15) is 17.3 Å². The fourth-order valence-electron chi connectivity index (χ4n) is 1.04. The molecular formula is C9H12N2O3. The first-order chi connectivity index (χ1) is 6.69. The number of ether oxygens (including phenoxy) is 1. The molecule has 5 nitrogen and oxygen atoms in total. The second-order valence-electron chi connectivity index (χ2n) is 2.59. The molecule has 0 aromatic heterocycles. The molecule has 5 heteroatoms. The fourth-order valence-corrected chi connectivity index (χ4v) is 1.04.